The molecule has 0 unspecified atom stereocenters. The summed E-state index contributed by atoms with van der Waals surface area (Å²) in [5, 5.41) is 5.99. The van der Waals surface area contributed by atoms with E-state index in [9.17, 15) is 8.42 Å². The number of nitrogen functional groups attached to an aromatic ring is 1. The number of hydrogen-bond donors (Lipinski definition) is 2. The lowest BCUT2D eigenvalue weighted by molar-refractivity contribution is 0.595. The van der Waals surface area contributed by atoms with Gasteiger partial charge in [0.05, 0.1) is 11.9 Å². The van der Waals surface area contributed by atoms with E-state index in [0.717, 1.165) is 4.31 Å². The number of hydrogen-bond acceptors (Lipinski definition) is 5. The third kappa shape index (κ3) is 1.94. The lowest BCUT2D eigenvalue weighted by Gasteiger charge is -2.18. The minimum atomic E-state index is -3.69. The summed E-state index contributed by atoms with van der Waals surface area (Å²) in [5.74, 6) is 0.0194. The van der Waals surface area contributed by atoms with Crippen LogP contribution in [0.25, 0.3) is 0 Å². The van der Waals surface area contributed by atoms with Crippen LogP contribution in [-0.2, 0) is 10.0 Å². The highest BCUT2D eigenvalue weighted by atomic mass is 32.2. The zero-order chi connectivity index (χ0) is 12.5. The van der Waals surface area contributed by atoms with Gasteiger partial charge in [-0.1, -0.05) is 0 Å². The second-order valence-corrected chi connectivity index (χ2v) is 5.26. The fourth-order valence-electron chi connectivity index (χ4n) is 1.33. The van der Waals surface area contributed by atoms with Crippen molar-refractivity contribution in [2.75, 3.05) is 17.1 Å². The Hall–Kier alpha value is -2.09. The van der Waals surface area contributed by atoms with Crippen LogP contribution < -0.4 is 10.0 Å². The van der Waals surface area contributed by atoms with E-state index in [-0.39, 0.29) is 10.7 Å². The van der Waals surface area contributed by atoms with Gasteiger partial charge in [0.25, 0.3) is 10.0 Å². The summed E-state index contributed by atoms with van der Waals surface area (Å²) in [6, 6.07) is 3.18. The number of aromatic amines is 1. The topological polar surface area (TPSA) is 105 Å². The molecule has 0 aliphatic heterocycles. The van der Waals surface area contributed by atoms with Crippen molar-refractivity contribution < 1.29 is 8.42 Å². The van der Waals surface area contributed by atoms with Gasteiger partial charge < -0.3 is 5.73 Å². The maximum Gasteiger partial charge on any atom is 0.269 e. The summed E-state index contributed by atoms with van der Waals surface area (Å²) >= 11 is 0. The minimum absolute atomic E-state index is 0.0194. The van der Waals surface area contributed by atoms with Crippen LogP contribution in [0.4, 0.5) is 11.5 Å². The van der Waals surface area contributed by atoms with E-state index in [1.165, 1.54) is 25.6 Å². The van der Waals surface area contributed by atoms with Crippen molar-refractivity contribution in [3.8, 4) is 0 Å². The van der Waals surface area contributed by atoms with E-state index in [4.69, 9.17) is 5.73 Å². The Bertz CT molecular complexity index is 607. The number of nitrogens with one attached hydrogen (secondary N) is 1. The summed E-state index contributed by atoms with van der Waals surface area (Å²) in [4.78, 5) is 3.78. The summed E-state index contributed by atoms with van der Waals surface area (Å²) in [5.41, 5.74) is 6.01. The van der Waals surface area contributed by atoms with E-state index in [1.54, 1.807) is 12.1 Å². The first-order valence-corrected chi connectivity index (χ1v) is 6.15. The molecular formula is C9H11N5O2S. The second kappa shape index (κ2) is 4.06. The summed E-state index contributed by atoms with van der Waals surface area (Å²) in [6.07, 6.45) is 4.21. The molecule has 2 heterocycles. The van der Waals surface area contributed by atoms with Crippen LogP contribution >= 0.6 is 0 Å². The Labute approximate surface area is 98.3 Å². The van der Waals surface area contributed by atoms with Gasteiger partial charge >= 0.3 is 0 Å². The Morgan fingerprint density at radius 2 is 2.00 bits per heavy atom. The molecule has 2 aromatic heterocycles. The molecule has 17 heavy (non-hydrogen) atoms. The molecule has 0 saturated heterocycles. The van der Waals surface area contributed by atoms with Crippen LogP contribution in [0.3, 0.4) is 0 Å². The van der Waals surface area contributed by atoms with Crippen molar-refractivity contribution in [2.24, 2.45) is 0 Å². The third-order valence-corrected chi connectivity index (χ3v) is 4.11. The highest BCUT2D eigenvalue weighted by Crippen LogP contribution is 2.23. The molecule has 0 aliphatic rings. The molecule has 2 rings (SSSR count). The van der Waals surface area contributed by atoms with Crippen molar-refractivity contribution in [1.29, 1.82) is 0 Å². The average Bonchev–Trinajstić information content (AvgIpc) is 2.76. The van der Waals surface area contributed by atoms with Gasteiger partial charge in [-0.3, -0.25) is 14.4 Å². The molecule has 7 nitrogen and oxygen atoms in total. The van der Waals surface area contributed by atoms with Crippen LogP contribution in [-0.4, -0.2) is 30.6 Å². The molecule has 0 aromatic carbocycles. The molecule has 2 aromatic rings. The number of sulfonamides is 1. The highest BCUT2D eigenvalue weighted by molar-refractivity contribution is 7.93. The van der Waals surface area contributed by atoms with E-state index in [1.807, 2.05) is 0 Å². The maximum atomic E-state index is 12.2. The SMILES string of the molecule is CN(c1ccncc1)S(=O)(=O)c1cn[nH]c1N. The van der Waals surface area contributed by atoms with Crippen molar-refractivity contribution in [3.05, 3.63) is 30.7 Å². The third-order valence-electron chi connectivity index (χ3n) is 2.30. The lowest BCUT2D eigenvalue weighted by atomic mass is 10.4. The van der Waals surface area contributed by atoms with Gasteiger partial charge in [0.2, 0.25) is 0 Å². The summed E-state index contributed by atoms with van der Waals surface area (Å²) in [6.45, 7) is 0. The molecule has 0 spiro atoms. The molecule has 0 saturated carbocycles. The van der Waals surface area contributed by atoms with Gasteiger partial charge in [-0.15, -0.1) is 0 Å². The van der Waals surface area contributed by atoms with Gasteiger partial charge in [-0.2, -0.15) is 5.10 Å². The van der Waals surface area contributed by atoms with Gasteiger partial charge in [-0.05, 0) is 12.1 Å². The van der Waals surface area contributed by atoms with E-state index in [2.05, 4.69) is 15.2 Å². The lowest BCUT2D eigenvalue weighted by Crippen LogP contribution is -2.26. The number of nitrogens with zero attached hydrogens (tertiary/aromatic N) is 3. The van der Waals surface area contributed by atoms with Crippen LogP contribution in [0.5, 0.6) is 0 Å². The fraction of sp³-hybridized carbons (Fsp3) is 0.111. The molecule has 0 radical (unpaired) electrons. The maximum absolute atomic E-state index is 12.2. The first-order valence-electron chi connectivity index (χ1n) is 4.71. The number of pyridine rings is 1. The average molecular weight is 253 g/mol. The predicted molar refractivity (Wildman–Crippen MR) is 62.8 cm³/mol. The molecule has 8 heteroatoms. The van der Waals surface area contributed by atoms with Gasteiger partial charge in [0.1, 0.15) is 10.7 Å². The Kier molecular flexibility index (Phi) is 2.72. The minimum Gasteiger partial charge on any atom is -0.383 e. The highest BCUT2D eigenvalue weighted by Gasteiger charge is 2.25. The molecule has 0 bridgehead atoms. The normalized spacial score (nSPS) is 11.4. The van der Waals surface area contributed by atoms with Crippen molar-refractivity contribution >= 4 is 21.5 Å². The molecular weight excluding hydrogens is 242 g/mol. The Morgan fingerprint density at radius 3 is 2.53 bits per heavy atom. The molecule has 3 N–H and O–H groups in total. The molecule has 0 aliphatic carbocycles. The number of aromatic nitrogens is 3. The Morgan fingerprint density at radius 1 is 1.35 bits per heavy atom. The first kappa shape index (κ1) is 11.4. The van der Waals surface area contributed by atoms with E-state index >= 15 is 0 Å². The predicted octanol–water partition coefficient (Wildman–Crippen LogP) is 0.212. The van der Waals surface area contributed by atoms with Crippen LogP contribution in [0, 0.1) is 0 Å². The van der Waals surface area contributed by atoms with Crippen LogP contribution in [0.1, 0.15) is 0 Å². The fourth-order valence-corrected chi connectivity index (χ4v) is 2.53. The largest absolute Gasteiger partial charge is 0.383 e. The number of nitrogens with two attached hydrogens (primary N) is 1. The molecule has 0 atom stereocenters. The van der Waals surface area contributed by atoms with Crippen LogP contribution in [0.15, 0.2) is 35.6 Å². The van der Waals surface area contributed by atoms with Crippen molar-refractivity contribution in [3.63, 3.8) is 0 Å². The first-order chi connectivity index (χ1) is 8.03. The van der Waals surface area contributed by atoms with Gasteiger partial charge in [-0.25, -0.2) is 8.42 Å². The van der Waals surface area contributed by atoms with Crippen molar-refractivity contribution in [2.45, 2.75) is 4.90 Å². The van der Waals surface area contributed by atoms with Crippen LogP contribution in [0.2, 0.25) is 0 Å². The zero-order valence-electron chi connectivity index (χ0n) is 9.03. The van der Waals surface area contributed by atoms with E-state index < -0.39 is 10.0 Å². The number of anilines is 2. The van der Waals surface area contributed by atoms with Gasteiger partial charge in [0, 0.05) is 19.4 Å². The second-order valence-electron chi connectivity index (χ2n) is 3.33. The summed E-state index contributed by atoms with van der Waals surface area (Å²) < 4.78 is 25.5. The quantitative estimate of drug-likeness (QED) is 0.813. The van der Waals surface area contributed by atoms with Crippen molar-refractivity contribution in [1.82, 2.24) is 15.2 Å². The summed E-state index contributed by atoms with van der Waals surface area (Å²) in [7, 11) is -2.25. The number of H-pyrrole nitrogens is 1. The van der Waals surface area contributed by atoms with E-state index in [0.29, 0.717) is 5.69 Å². The zero-order valence-corrected chi connectivity index (χ0v) is 9.85. The monoisotopic (exact) mass is 253 g/mol. The standard InChI is InChI=1S/C9H11N5O2S/c1-14(7-2-4-11-5-3-7)17(15,16)8-6-12-13-9(8)10/h2-6H,1H3,(H3,10,12,13). The smallest absolute Gasteiger partial charge is 0.269 e. The Balaban J connectivity index is 2.45. The van der Waals surface area contributed by atoms with Gasteiger partial charge in [0.15, 0.2) is 0 Å². The molecule has 0 amide bonds. The molecule has 0 fully saturated rings. The molecule has 90 valence electrons. The number of rotatable bonds is 3.